The zero-order valence-electron chi connectivity index (χ0n) is 11.5. The fourth-order valence-electron chi connectivity index (χ4n) is 2.00. The zero-order chi connectivity index (χ0) is 13.9. The van der Waals surface area contributed by atoms with E-state index in [1.807, 2.05) is 0 Å². The highest BCUT2D eigenvalue weighted by Gasteiger charge is 2.31. The number of hydrogen-bond acceptors (Lipinski definition) is 4. The summed E-state index contributed by atoms with van der Waals surface area (Å²) in [6.07, 6.45) is 5.47. The van der Waals surface area contributed by atoms with Crippen LogP contribution in [0.1, 0.15) is 32.6 Å². The lowest BCUT2D eigenvalue weighted by atomic mass is 9.94. The van der Waals surface area contributed by atoms with Crippen molar-refractivity contribution in [3.8, 4) is 0 Å². The molecule has 1 aliphatic carbocycles. The molecule has 2 rings (SSSR count). The largest absolute Gasteiger partial charge is 0.370 e. The fourth-order valence-corrected chi connectivity index (χ4v) is 3.37. The highest BCUT2D eigenvalue weighted by atomic mass is 32.2. The van der Waals surface area contributed by atoms with E-state index in [0.717, 1.165) is 32.2 Å². The Balaban J connectivity index is 2.11. The van der Waals surface area contributed by atoms with Crippen LogP contribution in [-0.4, -0.2) is 37.3 Å². The fraction of sp³-hybridized carbons (Fsp3) is 0.615. The van der Waals surface area contributed by atoms with Gasteiger partial charge in [0.05, 0.1) is 0 Å². The molecule has 106 valence electrons. The lowest BCUT2D eigenvalue weighted by Crippen LogP contribution is -2.41. The van der Waals surface area contributed by atoms with Crippen molar-refractivity contribution in [1.82, 2.24) is 9.29 Å². The van der Waals surface area contributed by atoms with Crippen LogP contribution in [0, 0.1) is 0 Å². The standard InChI is InChI=1S/C13H21N3O2S/c1-3-9-14-13-8-7-12(10-15-13)19(17,18)16(2)11-5-4-6-11/h7-8,10-11H,3-6,9H2,1-2H3,(H,14,15). The summed E-state index contributed by atoms with van der Waals surface area (Å²) in [5.41, 5.74) is 0. The lowest BCUT2D eigenvalue weighted by Gasteiger charge is -2.33. The molecule has 0 aliphatic heterocycles. The molecule has 0 aromatic carbocycles. The first-order valence-electron chi connectivity index (χ1n) is 6.73. The minimum absolute atomic E-state index is 0.155. The Bertz CT molecular complexity index is 509. The monoisotopic (exact) mass is 283 g/mol. The molecule has 6 heteroatoms. The van der Waals surface area contributed by atoms with E-state index >= 15 is 0 Å². The lowest BCUT2D eigenvalue weighted by molar-refractivity contribution is 0.249. The van der Waals surface area contributed by atoms with Gasteiger partial charge in [-0.25, -0.2) is 13.4 Å². The van der Waals surface area contributed by atoms with Crippen LogP contribution in [-0.2, 0) is 10.0 Å². The Morgan fingerprint density at radius 3 is 2.63 bits per heavy atom. The van der Waals surface area contributed by atoms with Crippen LogP contribution in [0.25, 0.3) is 0 Å². The van der Waals surface area contributed by atoms with Crippen LogP contribution >= 0.6 is 0 Å². The summed E-state index contributed by atoms with van der Waals surface area (Å²) in [7, 11) is -1.74. The first-order valence-corrected chi connectivity index (χ1v) is 8.17. The van der Waals surface area contributed by atoms with Gasteiger partial charge >= 0.3 is 0 Å². The molecule has 1 aliphatic rings. The van der Waals surface area contributed by atoms with Crippen LogP contribution < -0.4 is 5.32 Å². The maximum Gasteiger partial charge on any atom is 0.244 e. The second kappa shape index (κ2) is 5.88. The van der Waals surface area contributed by atoms with Crippen molar-refractivity contribution in [2.45, 2.75) is 43.5 Å². The van der Waals surface area contributed by atoms with E-state index in [1.165, 1.54) is 10.5 Å². The van der Waals surface area contributed by atoms with E-state index in [2.05, 4.69) is 17.2 Å². The molecule has 1 aromatic rings. The molecule has 0 unspecified atom stereocenters. The van der Waals surface area contributed by atoms with Gasteiger partial charge in [-0.2, -0.15) is 4.31 Å². The third kappa shape index (κ3) is 3.06. The maximum atomic E-state index is 12.4. The average molecular weight is 283 g/mol. The summed E-state index contributed by atoms with van der Waals surface area (Å²) >= 11 is 0. The SMILES string of the molecule is CCCNc1ccc(S(=O)(=O)N(C)C2CCC2)cn1. The van der Waals surface area contributed by atoms with Gasteiger partial charge in [0.2, 0.25) is 10.0 Å². The smallest absolute Gasteiger partial charge is 0.244 e. The Kier molecular flexibility index (Phi) is 4.42. The molecular formula is C13H21N3O2S. The van der Waals surface area contributed by atoms with E-state index < -0.39 is 10.0 Å². The van der Waals surface area contributed by atoms with Crippen LogP contribution in [0.5, 0.6) is 0 Å². The molecule has 0 spiro atoms. The van der Waals surface area contributed by atoms with Gasteiger partial charge in [-0.15, -0.1) is 0 Å². The highest BCUT2D eigenvalue weighted by molar-refractivity contribution is 7.89. The van der Waals surface area contributed by atoms with Crippen LogP contribution in [0.2, 0.25) is 0 Å². The van der Waals surface area contributed by atoms with Crippen LogP contribution in [0.3, 0.4) is 0 Å². The van der Waals surface area contributed by atoms with Gasteiger partial charge in [-0.3, -0.25) is 0 Å². The van der Waals surface area contributed by atoms with Crippen molar-refractivity contribution in [3.05, 3.63) is 18.3 Å². The van der Waals surface area contributed by atoms with Crippen molar-refractivity contribution in [3.63, 3.8) is 0 Å². The topological polar surface area (TPSA) is 62.3 Å². The third-order valence-electron chi connectivity index (χ3n) is 3.56. The number of anilines is 1. The zero-order valence-corrected chi connectivity index (χ0v) is 12.3. The van der Waals surface area contributed by atoms with Gasteiger partial charge in [0.15, 0.2) is 0 Å². The number of nitrogens with zero attached hydrogens (tertiary/aromatic N) is 2. The van der Waals surface area contributed by atoms with Gasteiger partial charge < -0.3 is 5.32 Å². The molecule has 0 radical (unpaired) electrons. The van der Waals surface area contributed by atoms with Gasteiger partial charge in [-0.05, 0) is 31.4 Å². The highest BCUT2D eigenvalue weighted by Crippen LogP contribution is 2.28. The molecule has 0 atom stereocenters. The second-order valence-electron chi connectivity index (χ2n) is 4.91. The van der Waals surface area contributed by atoms with E-state index in [4.69, 9.17) is 0 Å². The molecular weight excluding hydrogens is 262 g/mol. The summed E-state index contributed by atoms with van der Waals surface area (Å²) in [6, 6.07) is 3.50. The molecule has 19 heavy (non-hydrogen) atoms. The number of aromatic nitrogens is 1. The maximum absolute atomic E-state index is 12.4. The first-order chi connectivity index (χ1) is 9.05. The molecule has 0 amide bonds. The quantitative estimate of drug-likeness (QED) is 0.868. The predicted octanol–water partition coefficient (Wildman–Crippen LogP) is 2.08. The number of hydrogen-bond donors (Lipinski definition) is 1. The van der Waals surface area contributed by atoms with E-state index in [0.29, 0.717) is 5.82 Å². The summed E-state index contributed by atoms with van der Waals surface area (Å²) < 4.78 is 26.2. The van der Waals surface area contributed by atoms with Crippen molar-refractivity contribution >= 4 is 15.8 Å². The average Bonchev–Trinajstić information content (AvgIpc) is 2.34. The molecule has 5 nitrogen and oxygen atoms in total. The molecule has 1 fully saturated rings. The summed E-state index contributed by atoms with van der Waals surface area (Å²) in [6.45, 7) is 2.90. The predicted molar refractivity (Wildman–Crippen MR) is 75.6 cm³/mol. The second-order valence-corrected chi connectivity index (χ2v) is 6.91. The number of pyridine rings is 1. The minimum Gasteiger partial charge on any atom is -0.370 e. The first kappa shape index (κ1) is 14.3. The van der Waals surface area contributed by atoms with Gasteiger partial charge in [-0.1, -0.05) is 13.3 Å². The molecule has 0 saturated heterocycles. The van der Waals surface area contributed by atoms with E-state index in [1.54, 1.807) is 19.2 Å². The normalized spacial score (nSPS) is 16.4. The molecule has 1 heterocycles. The molecule has 1 N–H and O–H groups in total. The number of sulfonamides is 1. The summed E-state index contributed by atoms with van der Waals surface area (Å²) in [5, 5.41) is 3.13. The summed E-state index contributed by atoms with van der Waals surface area (Å²) in [5.74, 6) is 0.715. The number of nitrogens with one attached hydrogen (secondary N) is 1. The van der Waals surface area contributed by atoms with Crippen molar-refractivity contribution in [2.75, 3.05) is 18.9 Å². The minimum atomic E-state index is -3.39. The van der Waals surface area contributed by atoms with Crippen molar-refractivity contribution in [1.29, 1.82) is 0 Å². The van der Waals surface area contributed by atoms with Crippen molar-refractivity contribution < 1.29 is 8.42 Å². The Labute approximate surface area is 115 Å². The Hall–Kier alpha value is -1.14. The third-order valence-corrected chi connectivity index (χ3v) is 5.45. The Morgan fingerprint density at radius 1 is 1.42 bits per heavy atom. The Morgan fingerprint density at radius 2 is 2.16 bits per heavy atom. The van der Waals surface area contributed by atoms with E-state index in [9.17, 15) is 8.42 Å². The molecule has 0 bridgehead atoms. The summed E-state index contributed by atoms with van der Waals surface area (Å²) in [4.78, 5) is 4.42. The van der Waals surface area contributed by atoms with Crippen LogP contribution in [0.4, 0.5) is 5.82 Å². The van der Waals surface area contributed by atoms with E-state index in [-0.39, 0.29) is 10.9 Å². The van der Waals surface area contributed by atoms with Gasteiger partial charge in [0.25, 0.3) is 0 Å². The van der Waals surface area contributed by atoms with Gasteiger partial charge in [0.1, 0.15) is 10.7 Å². The van der Waals surface area contributed by atoms with Gasteiger partial charge in [0, 0.05) is 25.8 Å². The van der Waals surface area contributed by atoms with Crippen molar-refractivity contribution in [2.24, 2.45) is 0 Å². The van der Waals surface area contributed by atoms with Crippen LogP contribution in [0.15, 0.2) is 23.2 Å². The molecule has 1 aromatic heterocycles. The molecule has 1 saturated carbocycles. The number of rotatable bonds is 6.